The highest BCUT2D eigenvalue weighted by Crippen LogP contribution is 2.34. The molecule has 12 heteroatoms. The average Bonchev–Trinajstić information content (AvgIpc) is 2.94. The van der Waals surface area contributed by atoms with Gasteiger partial charge in [0.1, 0.15) is 0 Å². The Morgan fingerprint density at radius 3 is 2.45 bits per heavy atom. The molecule has 38 heavy (non-hydrogen) atoms. The Balaban J connectivity index is 1.65. The van der Waals surface area contributed by atoms with Crippen LogP contribution in [-0.2, 0) is 9.47 Å². The monoisotopic (exact) mass is 538 g/mol. The molecule has 1 aliphatic heterocycles. The fourth-order valence-electron chi connectivity index (χ4n) is 3.82. The molecule has 3 N–H and O–H groups in total. The number of ether oxygens (including phenoxy) is 3. The zero-order valence-electron chi connectivity index (χ0n) is 21.2. The maximum Gasteiger partial charge on any atom is 0.361 e. The number of nitrogens with zero attached hydrogens (tertiary/aromatic N) is 4. The maximum atomic E-state index is 12.8. The van der Waals surface area contributed by atoms with Crippen LogP contribution in [0.3, 0.4) is 0 Å². The fourth-order valence-corrected chi connectivity index (χ4v) is 4.00. The van der Waals surface area contributed by atoms with Gasteiger partial charge in [-0.2, -0.15) is 0 Å². The van der Waals surface area contributed by atoms with Gasteiger partial charge >= 0.3 is 12.0 Å². The van der Waals surface area contributed by atoms with E-state index in [1.807, 2.05) is 11.8 Å². The van der Waals surface area contributed by atoms with Crippen molar-refractivity contribution in [1.29, 1.82) is 0 Å². The van der Waals surface area contributed by atoms with Crippen molar-refractivity contribution in [3.63, 3.8) is 0 Å². The Bertz CT molecular complexity index is 1280. The van der Waals surface area contributed by atoms with Crippen LogP contribution >= 0.6 is 12.8 Å². The lowest BCUT2D eigenvalue weighted by molar-refractivity contribution is 0.0514. The van der Waals surface area contributed by atoms with Crippen LogP contribution in [0.5, 0.6) is 5.75 Å². The van der Waals surface area contributed by atoms with Crippen molar-refractivity contribution in [2.75, 3.05) is 59.8 Å². The summed E-state index contributed by atoms with van der Waals surface area (Å²) in [6.07, 6.45) is 0. The van der Waals surface area contributed by atoms with Crippen LogP contribution in [0.4, 0.5) is 27.7 Å². The second-order valence-corrected chi connectivity index (χ2v) is 8.58. The molecule has 1 aliphatic rings. The summed E-state index contributed by atoms with van der Waals surface area (Å²) in [4.78, 5) is 36.8. The van der Waals surface area contributed by atoms with Crippen LogP contribution < -0.4 is 25.0 Å². The van der Waals surface area contributed by atoms with E-state index in [1.54, 1.807) is 55.5 Å². The number of carbonyl (C=O) groups is 2. The number of rotatable bonds is 8. The van der Waals surface area contributed by atoms with Crippen molar-refractivity contribution >= 4 is 47.7 Å². The number of benzene rings is 2. The molecule has 0 radical (unpaired) electrons. The Morgan fingerprint density at radius 1 is 1.08 bits per heavy atom. The Kier molecular flexibility index (Phi) is 8.87. The van der Waals surface area contributed by atoms with E-state index in [9.17, 15) is 9.59 Å². The normalized spacial score (nSPS) is 13.1. The molecule has 0 aliphatic carbocycles. The van der Waals surface area contributed by atoms with Gasteiger partial charge in [-0.3, -0.25) is 0 Å². The molecule has 2 aromatic carbocycles. The summed E-state index contributed by atoms with van der Waals surface area (Å²) >= 11 is 4.34. The van der Waals surface area contributed by atoms with Crippen molar-refractivity contribution < 1.29 is 23.8 Å². The highest BCUT2D eigenvalue weighted by Gasteiger charge is 2.27. The number of amides is 2. The average molecular weight is 539 g/mol. The zero-order chi connectivity index (χ0) is 27.1. The van der Waals surface area contributed by atoms with E-state index in [1.165, 1.54) is 4.31 Å². The predicted octanol–water partition coefficient (Wildman–Crippen LogP) is 4.02. The van der Waals surface area contributed by atoms with Gasteiger partial charge in [-0.15, -0.1) is 0 Å². The second-order valence-electron chi connectivity index (χ2n) is 8.18. The van der Waals surface area contributed by atoms with E-state index in [2.05, 4.69) is 23.1 Å². The molecule has 0 atom stereocenters. The number of aromatic nitrogens is 2. The van der Waals surface area contributed by atoms with Crippen LogP contribution in [0.25, 0.3) is 11.4 Å². The predicted molar refractivity (Wildman–Crippen MR) is 149 cm³/mol. The number of esters is 1. The van der Waals surface area contributed by atoms with Gasteiger partial charge in [-0.05, 0) is 50.2 Å². The first-order chi connectivity index (χ1) is 18.4. The van der Waals surface area contributed by atoms with Crippen molar-refractivity contribution in [3.05, 3.63) is 54.2 Å². The molecule has 0 bridgehead atoms. The number of para-hydroxylation sites is 2. The molecule has 1 fully saturated rings. The minimum Gasteiger partial charge on any atom is -0.488 e. The smallest absolute Gasteiger partial charge is 0.361 e. The molecule has 11 nitrogen and oxygen atoms in total. The Labute approximate surface area is 226 Å². The summed E-state index contributed by atoms with van der Waals surface area (Å²) < 4.78 is 17.7. The zero-order valence-corrected chi connectivity index (χ0v) is 22.1. The molecule has 3 aromatic rings. The third kappa shape index (κ3) is 6.09. The van der Waals surface area contributed by atoms with Crippen LogP contribution in [0.1, 0.15) is 24.3 Å². The first-order valence-corrected chi connectivity index (χ1v) is 12.6. The number of carbonyl (C=O) groups excluding carboxylic acids is 2. The van der Waals surface area contributed by atoms with E-state index in [-0.39, 0.29) is 18.1 Å². The van der Waals surface area contributed by atoms with Crippen molar-refractivity contribution in [2.24, 2.45) is 0 Å². The Hall–Kier alpha value is -4.03. The quantitative estimate of drug-likeness (QED) is 0.221. The highest BCUT2D eigenvalue weighted by molar-refractivity contribution is 7.82. The van der Waals surface area contributed by atoms with E-state index in [4.69, 9.17) is 24.9 Å². The van der Waals surface area contributed by atoms with Gasteiger partial charge in [0.15, 0.2) is 23.1 Å². The number of thiol groups is 1. The van der Waals surface area contributed by atoms with Gasteiger partial charge in [0.2, 0.25) is 0 Å². The van der Waals surface area contributed by atoms with E-state index < -0.39 is 12.0 Å². The maximum absolute atomic E-state index is 12.8. The number of nitrogen functional groups attached to an aromatic ring is 1. The summed E-state index contributed by atoms with van der Waals surface area (Å²) in [5, 5.41) is 2.73. The fraction of sp³-hybridized carbons (Fsp3) is 0.308. The number of anilines is 4. The van der Waals surface area contributed by atoms with Gasteiger partial charge in [0.25, 0.3) is 0 Å². The minimum absolute atomic E-state index is 0.0555. The largest absolute Gasteiger partial charge is 0.488 e. The highest BCUT2D eigenvalue weighted by atomic mass is 32.1. The molecular weight excluding hydrogens is 508 g/mol. The first-order valence-electron chi connectivity index (χ1n) is 12.2. The summed E-state index contributed by atoms with van der Waals surface area (Å²) in [6.45, 7) is 6.32. The van der Waals surface area contributed by atoms with Crippen molar-refractivity contribution in [2.45, 2.75) is 13.8 Å². The SMILES string of the molecule is CCOC(=O)c1nc(-c2ccc(N(S)C(=O)Nc3ccccc3N)cc2)nc(N2CCOCC2)c1OCC. The number of hydrogen-bond acceptors (Lipinski definition) is 10. The molecule has 200 valence electrons. The lowest BCUT2D eigenvalue weighted by Crippen LogP contribution is -2.37. The molecule has 0 unspecified atom stereocenters. The van der Waals surface area contributed by atoms with Crippen LogP contribution in [-0.4, -0.2) is 61.5 Å². The molecule has 1 saturated heterocycles. The number of urea groups is 1. The molecule has 0 saturated carbocycles. The van der Waals surface area contributed by atoms with Gasteiger partial charge in [-0.25, -0.2) is 23.9 Å². The summed E-state index contributed by atoms with van der Waals surface area (Å²) in [6, 6.07) is 13.4. The third-order valence-corrected chi connectivity index (χ3v) is 6.09. The number of hydrogen-bond donors (Lipinski definition) is 3. The number of nitrogens with two attached hydrogens (primary N) is 1. The number of morpholine rings is 1. The Morgan fingerprint density at radius 2 is 1.79 bits per heavy atom. The number of nitrogens with one attached hydrogen (secondary N) is 1. The van der Waals surface area contributed by atoms with Crippen molar-refractivity contribution in [3.8, 4) is 17.1 Å². The van der Waals surface area contributed by atoms with E-state index in [0.717, 1.165) is 0 Å². The van der Waals surface area contributed by atoms with Crippen molar-refractivity contribution in [1.82, 2.24) is 9.97 Å². The minimum atomic E-state index is -0.593. The molecule has 2 amide bonds. The van der Waals surface area contributed by atoms with Gasteiger partial charge in [0.05, 0.1) is 43.5 Å². The van der Waals surface area contributed by atoms with Crippen LogP contribution in [0, 0.1) is 0 Å². The van der Waals surface area contributed by atoms with E-state index in [0.29, 0.717) is 67.2 Å². The van der Waals surface area contributed by atoms with Gasteiger partial charge in [-0.1, -0.05) is 24.9 Å². The molecule has 0 spiro atoms. The summed E-state index contributed by atoms with van der Waals surface area (Å²) in [7, 11) is 0. The molecular formula is C26H30N6O5S. The molecule has 2 heterocycles. The standard InChI is InChI=1S/C26H30N6O5S/c1-3-36-22-21(25(33)37-4-2)29-23(30-24(22)31-13-15-35-16-14-31)17-9-11-18(12-10-17)32(38)26(34)28-20-8-6-5-7-19(20)27/h5-12,38H,3-4,13-16,27H2,1-2H3,(H,28,34). The molecule has 1 aromatic heterocycles. The van der Waals surface area contributed by atoms with Gasteiger partial charge < -0.3 is 30.2 Å². The second kappa shape index (κ2) is 12.5. The first kappa shape index (κ1) is 27.0. The third-order valence-electron chi connectivity index (χ3n) is 5.68. The van der Waals surface area contributed by atoms with Gasteiger partial charge in [0, 0.05) is 18.7 Å². The molecule has 4 rings (SSSR count). The van der Waals surface area contributed by atoms with E-state index >= 15 is 0 Å². The van der Waals surface area contributed by atoms with Crippen LogP contribution in [0.15, 0.2) is 48.5 Å². The van der Waals surface area contributed by atoms with Crippen LogP contribution in [0.2, 0.25) is 0 Å². The topological polar surface area (TPSA) is 132 Å². The summed E-state index contributed by atoms with van der Waals surface area (Å²) in [5.41, 5.74) is 8.04. The summed E-state index contributed by atoms with van der Waals surface area (Å²) in [5.74, 6) is 0.510. The lowest BCUT2D eigenvalue weighted by atomic mass is 10.1. The lowest BCUT2D eigenvalue weighted by Gasteiger charge is -2.29.